The van der Waals surface area contributed by atoms with Gasteiger partial charge in [0.05, 0.1) is 23.8 Å². The molecule has 2 aliphatic rings. The van der Waals surface area contributed by atoms with Gasteiger partial charge in [-0.25, -0.2) is 0 Å². The van der Waals surface area contributed by atoms with Crippen LogP contribution in [0.4, 0.5) is 11.4 Å². The van der Waals surface area contributed by atoms with E-state index in [1.165, 1.54) is 25.7 Å². The molecule has 4 atom stereocenters. The highest BCUT2D eigenvalue weighted by molar-refractivity contribution is 5.54. The van der Waals surface area contributed by atoms with Gasteiger partial charge >= 0.3 is 0 Å². The van der Waals surface area contributed by atoms with Crippen LogP contribution in [-0.4, -0.2) is 17.6 Å². The molecule has 2 aliphatic carbocycles. The Hall–Kier alpha value is -1.25. The Morgan fingerprint density at radius 1 is 1.26 bits per heavy atom. The zero-order valence-electron chi connectivity index (χ0n) is 12.0. The average molecular weight is 259 g/mol. The molecule has 19 heavy (non-hydrogen) atoms. The van der Waals surface area contributed by atoms with Gasteiger partial charge in [-0.2, -0.15) is 0 Å². The van der Waals surface area contributed by atoms with Gasteiger partial charge in [0.15, 0.2) is 0 Å². The van der Waals surface area contributed by atoms with Gasteiger partial charge in [0.2, 0.25) is 0 Å². The van der Waals surface area contributed by atoms with Crippen molar-refractivity contribution in [2.75, 3.05) is 17.2 Å². The van der Waals surface area contributed by atoms with Gasteiger partial charge in [-0.05, 0) is 56.9 Å². The molecule has 4 unspecified atom stereocenters. The van der Waals surface area contributed by atoms with Crippen molar-refractivity contribution in [2.24, 2.45) is 17.8 Å². The van der Waals surface area contributed by atoms with Gasteiger partial charge in [0.1, 0.15) is 0 Å². The third-order valence-corrected chi connectivity index (χ3v) is 4.95. The summed E-state index contributed by atoms with van der Waals surface area (Å²) in [4.78, 5) is 4.31. The van der Waals surface area contributed by atoms with E-state index in [9.17, 15) is 0 Å². The minimum Gasteiger partial charge on any atom is -0.384 e. The third-order valence-electron chi connectivity index (χ3n) is 4.95. The van der Waals surface area contributed by atoms with Gasteiger partial charge in [-0.15, -0.1) is 0 Å². The van der Waals surface area contributed by atoms with E-state index in [0.717, 1.165) is 35.7 Å². The number of anilines is 2. The second-order valence-corrected chi connectivity index (χ2v) is 6.26. The van der Waals surface area contributed by atoms with Crippen molar-refractivity contribution in [3.63, 3.8) is 0 Å². The Bertz CT molecular complexity index is 432. The number of nitrogens with one attached hydrogen (secondary N) is 2. The normalized spacial score (nSPS) is 30.3. The maximum atomic E-state index is 4.31. The molecule has 3 rings (SSSR count). The first kappa shape index (κ1) is 12.8. The first-order valence-electron chi connectivity index (χ1n) is 7.71. The zero-order valence-corrected chi connectivity index (χ0v) is 12.0. The molecule has 1 aromatic rings. The molecule has 1 aromatic heterocycles. The highest BCUT2D eigenvalue weighted by Crippen LogP contribution is 2.49. The lowest BCUT2D eigenvalue weighted by atomic mass is 9.84. The molecule has 2 fully saturated rings. The summed E-state index contributed by atoms with van der Waals surface area (Å²) in [6.45, 7) is 5.39. The smallest absolute Gasteiger partial charge is 0.0549 e. The predicted molar refractivity (Wildman–Crippen MR) is 80.4 cm³/mol. The fourth-order valence-corrected chi connectivity index (χ4v) is 4.10. The van der Waals surface area contributed by atoms with Crippen LogP contribution in [0.25, 0.3) is 0 Å². The van der Waals surface area contributed by atoms with Gasteiger partial charge in [0.25, 0.3) is 0 Å². The fourth-order valence-electron chi connectivity index (χ4n) is 4.10. The van der Waals surface area contributed by atoms with E-state index >= 15 is 0 Å². The van der Waals surface area contributed by atoms with Gasteiger partial charge in [-0.1, -0.05) is 6.42 Å². The summed E-state index contributed by atoms with van der Waals surface area (Å²) in [5.41, 5.74) is 2.25. The summed E-state index contributed by atoms with van der Waals surface area (Å²) < 4.78 is 0. The summed E-state index contributed by atoms with van der Waals surface area (Å²) in [5, 5.41) is 6.98. The fraction of sp³-hybridized carbons (Fsp3) is 0.688. The summed E-state index contributed by atoms with van der Waals surface area (Å²) in [6.07, 6.45) is 9.66. The van der Waals surface area contributed by atoms with Gasteiger partial charge < -0.3 is 10.6 Å². The molecule has 2 bridgehead atoms. The van der Waals surface area contributed by atoms with Crippen molar-refractivity contribution >= 4 is 11.4 Å². The number of hydrogen-bond acceptors (Lipinski definition) is 3. The SMILES string of the molecule is CCNc1cncc(NC(C)C2CC3CCC2C3)c1. The molecule has 0 radical (unpaired) electrons. The second kappa shape index (κ2) is 5.40. The van der Waals surface area contributed by atoms with Crippen molar-refractivity contribution in [1.29, 1.82) is 0 Å². The largest absolute Gasteiger partial charge is 0.384 e. The summed E-state index contributed by atoms with van der Waals surface area (Å²) in [7, 11) is 0. The number of rotatable bonds is 5. The minimum atomic E-state index is 0.564. The highest BCUT2D eigenvalue weighted by Gasteiger charge is 2.41. The molecule has 0 saturated heterocycles. The van der Waals surface area contributed by atoms with E-state index in [2.05, 4.69) is 35.5 Å². The highest BCUT2D eigenvalue weighted by atomic mass is 15.0. The molecule has 0 amide bonds. The van der Waals surface area contributed by atoms with E-state index in [1.807, 2.05) is 12.4 Å². The lowest BCUT2D eigenvalue weighted by Crippen LogP contribution is -2.30. The molecule has 104 valence electrons. The van der Waals surface area contributed by atoms with Crippen LogP contribution in [0.1, 0.15) is 39.5 Å². The standard InChI is InChI=1S/C16H25N3/c1-3-18-14-8-15(10-17-9-14)19-11(2)16-7-12-4-5-13(16)6-12/h8-13,16,18-19H,3-7H2,1-2H3. The summed E-state index contributed by atoms with van der Waals surface area (Å²) in [5.74, 6) is 2.85. The topological polar surface area (TPSA) is 37.0 Å². The second-order valence-electron chi connectivity index (χ2n) is 6.26. The molecular formula is C16H25N3. The molecule has 0 spiro atoms. The zero-order chi connectivity index (χ0) is 13.2. The van der Waals surface area contributed by atoms with Crippen LogP contribution >= 0.6 is 0 Å². The lowest BCUT2D eigenvalue weighted by Gasteiger charge is -2.29. The van der Waals surface area contributed by atoms with E-state index in [-0.39, 0.29) is 0 Å². The van der Waals surface area contributed by atoms with Crippen molar-refractivity contribution < 1.29 is 0 Å². The first-order chi connectivity index (χ1) is 9.26. The van der Waals surface area contributed by atoms with E-state index in [1.54, 1.807) is 0 Å². The molecule has 1 heterocycles. The van der Waals surface area contributed by atoms with E-state index in [4.69, 9.17) is 0 Å². The number of pyridine rings is 1. The van der Waals surface area contributed by atoms with Crippen LogP contribution in [0, 0.1) is 17.8 Å². The summed E-state index contributed by atoms with van der Waals surface area (Å²) >= 11 is 0. The monoisotopic (exact) mass is 259 g/mol. The Labute approximate surface area is 116 Å². The molecule has 3 nitrogen and oxygen atoms in total. The van der Waals surface area contributed by atoms with Crippen molar-refractivity contribution in [3.8, 4) is 0 Å². The molecular weight excluding hydrogens is 234 g/mol. The number of hydrogen-bond donors (Lipinski definition) is 2. The Morgan fingerprint density at radius 2 is 2.11 bits per heavy atom. The number of aromatic nitrogens is 1. The van der Waals surface area contributed by atoms with Crippen LogP contribution in [0.3, 0.4) is 0 Å². The Balaban J connectivity index is 1.62. The predicted octanol–water partition coefficient (Wildman–Crippen LogP) is 3.75. The molecule has 2 N–H and O–H groups in total. The van der Waals surface area contributed by atoms with Crippen molar-refractivity contribution in [1.82, 2.24) is 4.98 Å². The molecule has 3 heteroatoms. The molecule has 0 aliphatic heterocycles. The summed E-state index contributed by atoms with van der Waals surface area (Å²) in [6, 6.07) is 2.73. The van der Waals surface area contributed by atoms with Gasteiger partial charge in [-0.3, -0.25) is 4.98 Å². The van der Waals surface area contributed by atoms with Crippen molar-refractivity contribution in [3.05, 3.63) is 18.5 Å². The van der Waals surface area contributed by atoms with Crippen LogP contribution in [0.5, 0.6) is 0 Å². The maximum Gasteiger partial charge on any atom is 0.0549 e. The average Bonchev–Trinajstić information content (AvgIpc) is 3.02. The van der Waals surface area contributed by atoms with Gasteiger partial charge in [0, 0.05) is 12.6 Å². The number of fused-ring (bicyclic) bond motifs is 2. The van der Waals surface area contributed by atoms with Crippen LogP contribution in [-0.2, 0) is 0 Å². The van der Waals surface area contributed by atoms with E-state index < -0.39 is 0 Å². The van der Waals surface area contributed by atoms with Crippen LogP contribution < -0.4 is 10.6 Å². The molecule has 0 aromatic carbocycles. The quantitative estimate of drug-likeness (QED) is 0.845. The Kier molecular flexibility index (Phi) is 3.63. The van der Waals surface area contributed by atoms with Crippen LogP contribution in [0.15, 0.2) is 18.5 Å². The minimum absolute atomic E-state index is 0.564. The van der Waals surface area contributed by atoms with Crippen LogP contribution in [0.2, 0.25) is 0 Å². The lowest BCUT2D eigenvalue weighted by molar-refractivity contribution is 0.304. The first-order valence-corrected chi connectivity index (χ1v) is 7.71. The van der Waals surface area contributed by atoms with E-state index in [0.29, 0.717) is 6.04 Å². The number of nitrogens with zero attached hydrogens (tertiary/aromatic N) is 1. The third kappa shape index (κ3) is 2.70. The van der Waals surface area contributed by atoms with Crippen molar-refractivity contribution in [2.45, 2.75) is 45.6 Å². The maximum absolute atomic E-state index is 4.31. The molecule has 2 saturated carbocycles. The Morgan fingerprint density at radius 3 is 2.79 bits per heavy atom.